The molecule has 1 N–H and O–H groups in total. The lowest BCUT2D eigenvalue weighted by atomic mass is 10.1. The summed E-state index contributed by atoms with van der Waals surface area (Å²) in [6.45, 7) is 0.0164. The van der Waals surface area contributed by atoms with Gasteiger partial charge in [-0.2, -0.15) is 0 Å². The molecule has 0 aromatic heterocycles. The fourth-order valence-corrected chi connectivity index (χ4v) is 3.14. The van der Waals surface area contributed by atoms with Crippen LogP contribution in [0.4, 0.5) is 4.39 Å². The first kappa shape index (κ1) is 17.4. The number of nitrogens with one attached hydrogen (secondary N) is 1. The topological polar surface area (TPSA) is 64.6 Å². The minimum atomic E-state index is -3.81. The lowest BCUT2D eigenvalue weighted by Crippen LogP contribution is -2.29. The van der Waals surface area contributed by atoms with Gasteiger partial charge in [0.25, 0.3) is 0 Å². The van der Waals surface area contributed by atoms with E-state index in [1.807, 2.05) is 6.07 Å². The highest BCUT2D eigenvalue weighted by molar-refractivity contribution is 7.89. The van der Waals surface area contributed by atoms with Crippen LogP contribution in [0.5, 0.6) is 5.75 Å². The number of halogens is 1. The van der Waals surface area contributed by atoms with Crippen LogP contribution in [0.25, 0.3) is 0 Å². The van der Waals surface area contributed by atoms with Crippen LogP contribution in [-0.4, -0.2) is 29.2 Å². The van der Waals surface area contributed by atoms with Crippen molar-refractivity contribution in [3.8, 4) is 5.75 Å². The molecule has 0 fully saturated rings. The lowest BCUT2D eigenvalue weighted by Gasteiger charge is -2.17. The molecule has 2 rings (SSSR count). The third-order valence-corrected chi connectivity index (χ3v) is 4.74. The second-order valence-electron chi connectivity index (χ2n) is 4.81. The smallest absolute Gasteiger partial charge is 0.240 e. The van der Waals surface area contributed by atoms with Crippen molar-refractivity contribution in [1.82, 2.24) is 4.72 Å². The average molecular weight is 339 g/mol. The molecule has 2 aromatic carbocycles. The molecule has 2 aromatic rings. The SMILES string of the molecule is COc1cccc(C(CNS(=O)(=O)c2cccc(F)c2)OC)c1. The summed E-state index contributed by atoms with van der Waals surface area (Å²) >= 11 is 0. The molecule has 23 heavy (non-hydrogen) atoms. The first-order chi connectivity index (χ1) is 11.0. The molecule has 5 nitrogen and oxygen atoms in total. The first-order valence-electron chi connectivity index (χ1n) is 6.88. The Morgan fingerprint density at radius 3 is 2.52 bits per heavy atom. The van der Waals surface area contributed by atoms with Gasteiger partial charge in [-0.25, -0.2) is 17.5 Å². The summed E-state index contributed by atoms with van der Waals surface area (Å²) in [4.78, 5) is -0.127. The highest BCUT2D eigenvalue weighted by Gasteiger charge is 2.18. The van der Waals surface area contributed by atoms with Gasteiger partial charge in [0.05, 0.1) is 18.1 Å². The predicted molar refractivity (Wildman–Crippen MR) is 84.3 cm³/mol. The molecule has 0 aliphatic heterocycles. The van der Waals surface area contributed by atoms with Gasteiger partial charge in [0.2, 0.25) is 10.0 Å². The Balaban J connectivity index is 2.13. The molecule has 0 aliphatic carbocycles. The molecule has 0 saturated heterocycles. The molecule has 0 radical (unpaired) electrons. The van der Waals surface area contributed by atoms with Crippen LogP contribution < -0.4 is 9.46 Å². The fourth-order valence-electron chi connectivity index (χ4n) is 2.08. The van der Waals surface area contributed by atoms with Crippen molar-refractivity contribution in [2.75, 3.05) is 20.8 Å². The summed E-state index contributed by atoms with van der Waals surface area (Å²) in [6, 6.07) is 12.0. The maximum absolute atomic E-state index is 13.2. The third-order valence-electron chi connectivity index (χ3n) is 3.32. The third kappa shape index (κ3) is 4.51. The Morgan fingerprint density at radius 2 is 1.87 bits per heavy atom. The van der Waals surface area contributed by atoms with Crippen LogP contribution in [0.2, 0.25) is 0 Å². The summed E-state index contributed by atoms with van der Waals surface area (Å²) in [5, 5.41) is 0. The Labute approximate surface area is 135 Å². The second kappa shape index (κ2) is 7.54. The highest BCUT2D eigenvalue weighted by Crippen LogP contribution is 2.21. The molecule has 1 atom stereocenters. The zero-order valence-electron chi connectivity index (χ0n) is 12.8. The van der Waals surface area contributed by atoms with Gasteiger partial charge in [-0.3, -0.25) is 0 Å². The first-order valence-corrected chi connectivity index (χ1v) is 8.36. The largest absolute Gasteiger partial charge is 0.497 e. The van der Waals surface area contributed by atoms with Crippen LogP contribution in [0.15, 0.2) is 53.4 Å². The standard InChI is InChI=1S/C16H18FNO4S/c1-21-14-7-3-5-12(9-14)16(22-2)11-18-23(19,20)15-8-4-6-13(17)10-15/h3-10,16,18H,11H2,1-2H3. The van der Waals surface area contributed by atoms with Crippen molar-refractivity contribution in [2.45, 2.75) is 11.0 Å². The molecule has 0 heterocycles. The number of hydrogen-bond donors (Lipinski definition) is 1. The Morgan fingerprint density at radius 1 is 1.13 bits per heavy atom. The monoisotopic (exact) mass is 339 g/mol. The predicted octanol–water partition coefficient (Wildman–Crippen LogP) is 2.50. The minimum absolute atomic E-state index is 0.0164. The van der Waals surface area contributed by atoms with Crippen LogP contribution >= 0.6 is 0 Å². The molecule has 0 amide bonds. The number of methoxy groups -OCH3 is 2. The molecule has 0 aliphatic rings. The maximum Gasteiger partial charge on any atom is 0.240 e. The van der Waals surface area contributed by atoms with Gasteiger partial charge in [0, 0.05) is 13.7 Å². The average Bonchev–Trinajstić information content (AvgIpc) is 2.55. The summed E-state index contributed by atoms with van der Waals surface area (Å²) in [7, 11) is -0.777. The fraction of sp³-hybridized carbons (Fsp3) is 0.250. The minimum Gasteiger partial charge on any atom is -0.497 e. The van der Waals surface area contributed by atoms with E-state index in [-0.39, 0.29) is 11.4 Å². The molecule has 1 unspecified atom stereocenters. The maximum atomic E-state index is 13.2. The van der Waals surface area contributed by atoms with E-state index in [4.69, 9.17) is 9.47 Å². The normalized spacial score (nSPS) is 12.8. The van der Waals surface area contributed by atoms with E-state index < -0.39 is 21.9 Å². The van der Waals surface area contributed by atoms with Crippen molar-refractivity contribution in [2.24, 2.45) is 0 Å². The summed E-state index contributed by atoms with van der Waals surface area (Å²) in [5.74, 6) is 0.0431. The van der Waals surface area contributed by atoms with Gasteiger partial charge in [0.1, 0.15) is 11.6 Å². The number of hydrogen-bond acceptors (Lipinski definition) is 4. The van der Waals surface area contributed by atoms with E-state index >= 15 is 0 Å². The van der Waals surface area contributed by atoms with Crippen LogP contribution in [0.1, 0.15) is 11.7 Å². The van der Waals surface area contributed by atoms with Crippen LogP contribution in [0.3, 0.4) is 0 Å². The number of ether oxygens (including phenoxy) is 2. The zero-order chi connectivity index (χ0) is 16.9. The van der Waals surface area contributed by atoms with E-state index in [0.717, 1.165) is 11.6 Å². The molecule has 0 spiro atoms. The van der Waals surface area contributed by atoms with E-state index in [0.29, 0.717) is 5.75 Å². The Hall–Kier alpha value is -1.96. The van der Waals surface area contributed by atoms with E-state index in [2.05, 4.69) is 4.72 Å². The number of sulfonamides is 1. The van der Waals surface area contributed by atoms with Crippen molar-refractivity contribution in [3.05, 3.63) is 59.9 Å². The number of rotatable bonds is 7. The van der Waals surface area contributed by atoms with Crippen LogP contribution in [-0.2, 0) is 14.8 Å². The summed E-state index contributed by atoms with van der Waals surface area (Å²) in [5.41, 5.74) is 0.772. The Bertz CT molecular complexity index is 764. The van der Waals surface area contributed by atoms with E-state index in [1.54, 1.807) is 25.3 Å². The van der Waals surface area contributed by atoms with Crippen LogP contribution in [0, 0.1) is 5.82 Å². The summed E-state index contributed by atoms with van der Waals surface area (Å²) < 4.78 is 50.5. The van der Waals surface area contributed by atoms with E-state index in [9.17, 15) is 12.8 Å². The lowest BCUT2D eigenvalue weighted by molar-refractivity contribution is 0.107. The number of benzene rings is 2. The van der Waals surface area contributed by atoms with Gasteiger partial charge in [-0.15, -0.1) is 0 Å². The van der Waals surface area contributed by atoms with Gasteiger partial charge < -0.3 is 9.47 Å². The van der Waals surface area contributed by atoms with Gasteiger partial charge in [0.15, 0.2) is 0 Å². The molecule has 7 heteroatoms. The van der Waals surface area contributed by atoms with Crippen molar-refractivity contribution < 1.29 is 22.3 Å². The summed E-state index contributed by atoms with van der Waals surface area (Å²) in [6.07, 6.45) is -0.492. The molecule has 0 bridgehead atoms. The van der Waals surface area contributed by atoms with Gasteiger partial charge in [-0.05, 0) is 35.9 Å². The van der Waals surface area contributed by atoms with Crippen molar-refractivity contribution in [1.29, 1.82) is 0 Å². The molecular weight excluding hydrogens is 321 g/mol. The quantitative estimate of drug-likeness (QED) is 0.842. The molecular formula is C16H18FNO4S. The Kier molecular flexibility index (Phi) is 5.70. The van der Waals surface area contributed by atoms with Gasteiger partial charge >= 0.3 is 0 Å². The van der Waals surface area contributed by atoms with Crippen molar-refractivity contribution in [3.63, 3.8) is 0 Å². The highest BCUT2D eigenvalue weighted by atomic mass is 32.2. The van der Waals surface area contributed by atoms with Gasteiger partial charge in [-0.1, -0.05) is 18.2 Å². The second-order valence-corrected chi connectivity index (χ2v) is 6.58. The van der Waals surface area contributed by atoms with Crippen molar-refractivity contribution >= 4 is 10.0 Å². The molecule has 0 saturated carbocycles. The van der Waals surface area contributed by atoms with E-state index in [1.165, 1.54) is 25.3 Å². The molecule has 124 valence electrons. The zero-order valence-corrected chi connectivity index (χ0v) is 13.6.